The van der Waals surface area contributed by atoms with E-state index < -0.39 is 0 Å². The van der Waals surface area contributed by atoms with Crippen LogP contribution in [-0.2, 0) is 4.79 Å². The number of aromatic nitrogens is 4. The average Bonchev–Trinajstić information content (AvgIpc) is 3.46. The lowest BCUT2D eigenvalue weighted by atomic mass is 10.1. The molecular formula is C24H25N5OS. The van der Waals surface area contributed by atoms with Crippen molar-refractivity contribution in [1.82, 2.24) is 24.4 Å². The summed E-state index contributed by atoms with van der Waals surface area (Å²) < 4.78 is 3.96. The summed E-state index contributed by atoms with van der Waals surface area (Å²) in [6.07, 6.45) is 9.10. The Morgan fingerprint density at radius 1 is 1.03 bits per heavy atom. The standard InChI is InChI=1S/C24H25N5OS/c1-17-4-7-22(14-18(17)2)29-13-11-26-24(29)31-15-23(30)27-19(3)20-5-8-21(9-6-20)28-12-10-25-16-28/h4-14,16,19H,15H2,1-3H3,(H,27,30). The molecule has 1 amide bonds. The molecule has 0 spiro atoms. The van der Waals surface area contributed by atoms with Crippen LogP contribution in [0.4, 0.5) is 0 Å². The minimum absolute atomic E-state index is 0.0224. The lowest BCUT2D eigenvalue weighted by Gasteiger charge is -2.15. The SMILES string of the molecule is Cc1ccc(-n2ccnc2SCC(=O)NC(C)c2ccc(-n3ccnc3)cc2)cc1C. The molecule has 0 radical (unpaired) electrons. The van der Waals surface area contributed by atoms with E-state index in [-0.39, 0.29) is 11.9 Å². The predicted octanol–water partition coefficient (Wildman–Crippen LogP) is 4.64. The molecular weight excluding hydrogens is 406 g/mol. The number of amides is 1. The minimum Gasteiger partial charge on any atom is -0.349 e. The van der Waals surface area contributed by atoms with Gasteiger partial charge in [0.05, 0.1) is 18.1 Å². The highest BCUT2D eigenvalue weighted by Crippen LogP contribution is 2.22. The topological polar surface area (TPSA) is 64.7 Å². The van der Waals surface area contributed by atoms with Crippen LogP contribution in [0.5, 0.6) is 0 Å². The van der Waals surface area contributed by atoms with Gasteiger partial charge in [0.15, 0.2) is 5.16 Å². The van der Waals surface area contributed by atoms with Gasteiger partial charge in [-0.05, 0) is 61.7 Å². The van der Waals surface area contributed by atoms with E-state index in [0.29, 0.717) is 5.75 Å². The molecule has 0 aliphatic rings. The Kier molecular flexibility index (Phi) is 6.23. The first kappa shape index (κ1) is 20.9. The van der Waals surface area contributed by atoms with Gasteiger partial charge in [-0.3, -0.25) is 9.36 Å². The van der Waals surface area contributed by atoms with Gasteiger partial charge in [0.25, 0.3) is 0 Å². The normalized spacial score (nSPS) is 12.0. The third-order valence-electron chi connectivity index (χ3n) is 5.28. The van der Waals surface area contributed by atoms with Gasteiger partial charge in [-0.1, -0.05) is 30.0 Å². The molecule has 2 aromatic heterocycles. The average molecular weight is 432 g/mol. The molecule has 1 N–H and O–H groups in total. The third kappa shape index (κ3) is 4.88. The molecule has 2 aromatic carbocycles. The molecule has 6 nitrogen and oxygen atoms in total. The number of carbonyl (C=O) groups is 1. The van der Waals surface area contributed by atoms with Crippen LogP contribution in [0, 0.1) is 13.8 Å². The first-order valence-electron chi connectivity index (χ1n) is 10.1. The van der Waals surface area contributed by atoms with Crippen LogP contribution >= 0.6 is 11.8 Å². The van der Waals surface area contributed by atoms with Crippen LogP contribution < -0.4 is 5.32 Å². The maximum atomic E-state index is 12.5. The smallest absolute Gasteiger partial charge is 0.230 e. The van der Waals surface area contributed by atoms with Crippen LogP contribution in [0.2, 0.25) is 0 Å². The highest BCUT2D eigenvalue weighted by atomic mass is 32.2. The Balaban J connectivity index is 1.35. The van der Waals surface area contributed by atoms with Crippen molar-refractivity contribution in [3.05, 3.63) is 90.3 Å². The molecule has 0 saturated carbocycles. The molecule has 0 bridgehead atoms. The summed E-state index contributed by atoms with van der Waals surface area (Å²) in [5.41, 5.74) is 5.62. The highest BCUT2D eigenvalue weighted by Gasteiger charge is 2.13. The summed E-state index contributed by atoms with van der Waals surface area (Å²) in [6.45, 7) is 6.18. The Bertz CT molecular complexity index is 1170. The van der Waals surface area contributed by atoms with Gasteiger partial charge in [-0.2, -0.15) is 0 Å². The van der Waals surface area contributed by atoms with Crippen molar-refractivity contribution in [2.45, 2.75) is 32.0 Å². The summed E-state index contributed by atoms with van der Waals surface area (Å²) in [7, 11) is 0. The number of carbonyl (C=O) groups excluding carboxylic acids is 1. The second-order valence-corrected chi connectivity index (χ2v) is 8.43. The fourth-order valence-electron chi connectivity index (χ4n) is 3.31. The summed E-state index contributed by atoms with van der Waals surface area (Å²) in [4.78, 5) is 21.0. The fraction of sp³-hybridized carbons (Fsp3) is 0.208. The van der Waals surface area contributed by atoms with E-state index in [9.17, 15) is 4.79 Å². The number of thioether (sulfide) groups is 1. The molecule has 1 unspecified atom stereocenters. The number of benzene rings is 2. The molecule has 158 valence electrons. The molecule has 4 aromatic rings. The van der Waals surface area contributed by atoms with Gasteiger partial charge in [0, 0.05) is 36.2 Å². The second kappa shape index (κ2) is 9.22. The van der Waals surface area contributed by atoms with Crippen LogP contribution in [0.3, 0.4) is 0 Å². The monoisotopic (exact) mass is 431 g/mol. The van der Waals surface area contributed by atoms with E-state index in [1.54, 1.807) is 18.7 Å². The zero-order valence-corrected chi connectivity index (χ0v) is 18.6. The van der Waals surface area contributed by atoms with E-state index in [1.807, 2.05) is 52.7 Å². The molecule has 31 heavy (non-hydrogen) atoms. The molecule has 0 aliphatic carbocycles. The maximum absolute atomic E-state index is 12.5. The van der Waals surface area contributed by atoms with Crippen molar-refractivity contribution in [2.24, 2.45) is 0 Å². The van der Waals surface area contributed by atoms with E-state index in [1.165, 1.54) is 22.9 Å². The summed E-state index contributed by atoms with van der Waals surface area (Å²) in [6, 6.07) is 14.3. The minimum atomic E-state index is -0.0792. The summed E-state index contributed by atoms with van der Waals surface area (Å²) in [5.74, 6) is 0.282. The molecule has 7 heteroatoms. The largest absolute Gasteiger partial charge is 0.349 e. The first-order chi connectivity index (χ1) is 15.0. The zero-order chi connectivity index (χ0) is 21.8. The van der Waals surface area contributed by atoms with Crippen molar-refractivity contribution in [3.63, 3.8) is 0 Å². The maximum Gasteiger partial charge on any atom is 0.230 e. The van der Waals surface area contributed by atoms with Crippen LogP contribution in [0.15, 0.2) is 78.7 Å². The van der Waals surface area contributed by atoms with E-state index in [0.717, 1.165) is 22.1 Å². The number of nitrogens with one attached hydrogen (secondary N) is 1. The van der Waals surface area contributed by atoms with E-state index in [2.05, 4.69) is 47.3 Å². The Morgan fingerprint density at radius 2 is 1.81 bits per heavy atom. The number of hydrogen-bond acceptors (Lipinski definition) is 4. The van der Waals surface area contributed by atoms with Gasteiger partial charge in [-0.15, -0.1) is 0 Å². The van der Waals surface area contributed by atoms with Crippen molar-refractivity contribution in [1.29, 1.82) is 0 Å². The number of rotatable bonds is 7. The van der Waals surface area contributed by atoms with Gasteiger partial charge >= 0.3 is 0 Å². The van der Waals surface area contributed by atoms with Crippen LogP contribution in [-0.4, -0.2) is 30.8 Å². The van der Waals surface area contributed by atoms with E-state index >= 15 is 0 Å². The van der Waals surface area contributed by atoms with Crippen LogP contribution in [0.1, 0.15) is 29.7 Å². The van der Waals surface area contributed by atoms with Gasteiger partial charge < -0.3 is 9.88 Å². The molecule has 0 aliphatic heterocycles. The fourth-order valence-corrected chi connectivity index (χ4v) is 4.10. The van der Waals surface area contributed by atoms with E-state index in [4.69, 9.17) is 0 Å². The quantitative estimate of drug-likeness (QED) is 0.433. The van der Waals surface area contributed by atoms with Crippen molar-refractivity contribution >= 4 is 17.7 Å². The number of nitrogens with zero attached hydrogens (tertiary/aromatic N) is 4. The lowest BCUT2D eigenvalue weighted by molar-refractivity contribution is -0.119. The second-order valence-electron chi connectivity index (χ2n) is 7.49. The van der Waals surface area contributed by atoms with Gasteiger partial charge in [-0.25, -0.2) is 9.97 Å². The molecule has 1 atom stereocenters. The first-order valence-corrected chi connectivity index (χ1v) is 11.1. The molecule has 0 fully saturated rings. The van der Waals surface area contributed by atoms with Gasteiger partial charge in [0.1, 0.15) is 0 Å². The van der Waals surface area contributed by atoms with Crippen molar-refractivity contribution in [2.75, 3.05) is 5.75 Å². The van der Waals surface area contributed by atoms with Crippen molar-refractivity contribution < 1.29 is 4.79 Å². The summed E-state index contributed by atoms with van der Waals surface area (Å²) >= 11 is 1.43. The lowest BCUT2D eigenvalue weighted by Crippen LogP contribution is -2.28. The summed E-state index contributed by atoms with van der Waals surface area (Å²) in [5, 5.41) is 3.87. The molecule has 2 heterocycles. The van der Waals surface area contributed by atoms with Gasteiger partial charge in [0.2, 0.25) is 5.91 Å². The van der Waals surface area contributed by atoms with Crippen LogP contribution in [0.25, 0.3) is 11.4 Å². The Labute approximate surface area is 186 Å². The van der Waals surface area contributed by atoms with Crippen molar-refractivity contribution in [3.8, 4) is 11.4 Å². The molecule has 0 saturated heterocycles. The number of hydrogen-bond donors (Lipinski definition) is 1. The highest BCUT2D eigenvalue weighted by molar-refractivity contribution is 7.99. The predicted molar refractivity (Wildman–Crippen MR) is 124 cm³/mol. The Morgan fingerprint density at radius 3 is 2.52 bits per heavy atom. The number of aryl methyl sites for hydroxylation is 2. The molecule has 4 rings (SSSR count). The zero-order valence-electron chi connectivity index (χ0n) is 17.8. The third-order valence-corrected chi connectivity index (χ3v) is 6.25. The Hall–Kier alpha value is -3.32. The number of imidazole rings is 2.